The summed E-state index contributed by atoms with van der Waals surface area (Å²) in [5.41, 5.74) is -5.67. The van der Waals surface area contributed by atoms with E-state index < -0.39 is 51.6 Å². The van der Waals surface area contributed by atoms with Crippen LogP contribution in [-0.4, -0.2) is 26.5 Å². The Hall–Kier alpha value is -3.18. The SMILES string of the molecule is CC(=O)O[C@H]1CCCC[C@H]1n1c(=O)c(=O)[nH]c2cc(C(F)(F)F)c([N+](=O)[O-])cc21. The molecule has 1 aliphatic rings. The van der Waals surface area contributed by atoms with E-state index in [1.54, 1.807) is 0 Å². The van der Waals surface area contributed by atoms with Gasteiger partial charge in [0.1, 0.15) is 11.7 Å². The number of nitro groups is 1. The smallest absolute Gasteiger partial charge is 0.423 e. The Morgan fingerprint density at radius 3 is 2.52 bits per heavy atom. The maximum Gasteiger partial charge on any atom is 0.423 e. The number of carbonyl (C=O) groups is 1. The van der Waals surface area contributed by atoms with Crippen molar-refractivity contribution in [2.24, 2.45) is 0 Å². The van der Waals surface area contributed by atoms with Gasteiger partial charge in [-0.1, -0.05) is 6.42 Å². The van der Waals surface area contributed by atoms with Crippen LogP contribution >= 0.6 is 0 Å². The number of ether oxygens (including phenoxy) is 1. The number of alkyl halides is 3. The predicted octanol–water partition coefficient (Wildman–Crippen LogP) is 2.66. The van der Waals surface area contributed by atoms with Gasteiger partial charge in [0, 0.05) is 13.0 Å². The Balaban J connectivity index is 2.34. The van der Waals surface area contributed by atoms with Crippen molar-refractivity contribution in [1.82, 2.24) is 9.55 Å². The predicted molar refractivity (Wildman–Crippen MR) is 93.5 cm³/mol. The fourth-order valence-corrected chi connectivity index (χ4v) is 3.70. The molecule has 1 aliphatic carbocycles. The molecule has 0 saturated heterocycles. The molecule has 0 spiro atoms. The molecule has 1 aromatic heterocycles. The highest BCUT2D eigenvalue weighted by Gasteiger charge is 2.40. The van der Waals surface area contributed by atoms with Crippen LogP contribution in [0.15, 0.2) is 21.7 Å². The summed E-state index contributed by atoms with van der Waals surface area (Å²) in [6.45, 7) is 1.17. The maximum absolute atomic E-state index is 13.3. The molecule has 1 aromatic carbocycles. The van der Waals surface area contributed by atoms with Crippen LogP contribution in [0.1, 0.15) is 44.2 Å². The molecule has 12 heteroatoms. The lowest BCUT2D eigenvalue weighted by Gasteiger charge is -2.32. The lowest BCUT2D eigenvalue weighted by atomic mass is 9.91. The second-order valence-electron chi connectivity index (χ2n) is 6.77. The number of esters is 1. The third-order valence-electron chi connectivity index (χ3n) is 4.85. The zero-order chi connectivity index (χ0) is 21.5. The summed E-state index contributed by atoms with van der Waals surface area (Å²) in [5.74, 6) is -0.616. The number of carbonyl (C=O) groups excluding carboxylic acids is 1. The van der Waals surface area contributed by atoms with Gasteiger partial charge >= 0.3 is 23.3 Å². The van der Waals surface area contributed by atoms with Gasteiger partial charge in [-0.3, -0.25) is 29.1 Å². The quantitative estimate of drug-likeness (QED) is 0.356. The van der Waals surface area contributed by atoms with Crippen molar-refractivity contribution in [2.45, 2.75) is 50.9 Å². The van der Waals surface area contributed by atoms with Crippen LogP contribution in [-0.2, 0) is 15.7 Å². The minimum absolute atomic E-state index is 0.238. The molecule has 1 fully saturated rings. The summed E-state index contributed by atoms with van der Waals surface area (Å²) in [6, 6.07) is 0.227. The number of hydrogen-bond donors (Lipinski definition) is 1. The van der Waals surface area contributed by atoms with Crippen molar-refractivity contribution in [3.05, 3.63) is 48.5 Å². The molecule has 2 atom stereocenters. The standard InChI is InChI=1S/C17H16F3N3O6/c1-8(24)29-14-5-3-2-4-11(14)22-13-7-12(23(27)28)9(17(18,19)20)6-10(13)21-15(25)16(22)26/h6-7,11,14H,2-5H2,1H3,(H,21,25)/t11-,14+/m1/s1. The molecule has 0 aliphatic heterocycles. The second-order valence-corrected chi connectivity index (χ2v) is 6.77. The molecule has 3 rings (SSSR count). The number of nitrogens with one attached hydrogen (secondary N) is 1. The van der Waals surface area contributed by atoms with Gasteiger partial charge in [0.05, 0.1) is 22.0 Å². The fraction of sp³-hybridized carbons (Fsp3) is 0.471. The van der Waals surface area contributed by atoms with E-state index >= 15 is 0 Å². The maximum atomic E-state index is 13.3. The first kappa shape index (κ1) is 20.6. The average Bonchev–Trinajstić information content (AvgIpc) is 2.61. The van der Waals surface area contributed by atoms with Gasteiger partial charge in [0.2, 0.25) is 0 Å². The third kappa shape index (κ3) is 3.87. The first-order valence-electron chi connectivity index (χ1n) is 8.72. The van der Waals surface area contributed by atoms with Gasteiger partial charge in [0.25, 0.3) is 5.69 Å². The van der Waals surface area contributed by atoms with Crippen LogP contribution in [0.25, 0.3) is 11.0 Å². The minimum Gasteiger partial charge on any atom is -0.460 e. The molecule has 1 N–H and O–H groups in total. The highest BCUT2D eigenvalue weighted by Crippen LogP contribution is 2.39. The van der Waals surface area contributed by atoms with Gasteiger partial charge in [0.15, 0.2) is 0 Å². The van der Waals surface area contributed by atoms with E-state index in [4.69, 9.17) is 4.74 Å². The first-order valence-corrected chi connectivity index (χ1v) is 8.72. The second kappa shape index (κ2) is 7.33. The van der Waals surface area contributed by atoms with Crippen molar-refractivity contribution in [1.29, 1.82) is 0 Å². The van der Waals surface area contributed by atoms with E-state index in [2.05, 4.69) is 4.98 Å². The first-order chi connectivity index (χ1) is 13.5. The summed E-state index contributed by atoms with van der Waals surface area (Å²) < 4.78 is 45.9. The molecule has 0 amide bonds. The van der Waals surface area contributed by atoms with Crippen LogP contribution in [0.2, 0.25) is 0 Å². The number of nitrogens with zero attached hydrogens (tertiary/aromatic N) is 2. The zero-order valence-corrected chi connectivity index (χ0v) is 15.1. The summed E-state index contributed by atoms with van der Waals surface area (Å²) in [4.78, 5) is 48.2. The number of rotatable bonds is 3. The Labute approximate surface area is 160 Å². The van der Waals surface area contributed by atoms with Crippen molar-refractivity contribution in [2.75, 3.05) is 0 Å². The summed E-state index contributed by atoms with van der Waals surface area (Å²) in [7, 11) is 0. The monoisotopic (exact) mass is 415 g/mol. The minimum atomic E-state index is -5.04. The molecule has 0 radical (unpaired) electrons. The summed E-state index contributed by atoms with van der Waals surface area (Å²) in [5, 5.41) is 11.2. The van der Waals surface area contributed by atoms with E-state index in [1.807, 2.05) is 0 Å². The summed E-state index contributed by atoms with van der Waals surface area (Å²) >= 11 is 0. The molecule has 0 unspecified atom stereocenters. The van der Waals surface area contributed by atoms with Crippen molar-refractivity contribution < 1.29 is 27.6 Å². The van der Waals surface area contributed by atoms with E-state index in [0.717, 1.165) is 4.57 Å². The molecule has 0 bridgehead atoms. The Morgan fingerprint density at radius 1 is 1.28 bits per heavy atom. The largest absolute Gasteiger partial charge is 0.460 e. The van der Waals surface area contributed by atoms with Gasteiger partial charge in [-0.15, -0.1) is 0 Å². The number of nitro benzene ring substituents is 1. The van der Waals surface area contributed by atoms with Crippen molar-refractivity contribution in [3.8, 4) is 0 Å². The van der Waals surface area contributed by atoms with E-state index in [0.29, 0.717) is 37.8 Å². The lowest BCUT2D eigenvalue weighted by molar-refractivity contribution is -0.387. The Kier molecular flexibility index (Phi) is 5.20. The van der Waals surface area contributed by atoms with Gasteiger partial charge in [-0.2, -0.15) is 13.2 Å². The molecule has 2 aromatic rings. The zero-order valence-electron chi connectivity index (χ0n) is 15.1. The normalized spacial score (nSPS) is 19.9. The number of aromatic nitrogens is 2. The summed E-state index contributed by atoms with van der Waals surface area (Å²) in [6.07, 6.45) is -3.84. The number of fused-ring (bicyclic) bond motifs is 1. The highest BCUT2D eigenvalue weighted by atomic mass is 19.4. The lowest BCUT2D eigenvalue weighted by Crippen LogP contribution is -2.43. The Bertz CT molecular complexity index is 1100. The van der Waals surface area contributed by atoms with Crippen LogP contribution in [0, 0.1) is 10.1 Å². The van der Waals surface area contributed by atoms with Crippen LogP contribution in [0.5, 0.6) is 0 Å². The molecule has 156 valence electrons. The third-order valence-corrected chi connectivity index (χ3v) is 4.85. The van der Waals surface area contributed by atoms with E-state index in [1.165, 1.54) is 6.92 Å². The number of H-pyrrole nitrogens is 1. The fourth-order valence-electron chi connectivity index (χ4n) is 3.70. The van der Waals surface area contributed by atoms with E-state index in [-0.39, 0.29) is 11.0 Å². The van der Waals surface area contributed by atoms with Crippen LogP contribution in [0.3, 0.4) is 0 Å². The van der Waals surface area contributed by atoms with Crippen LogP contribution < -0.4 is 11.1 Å². The molecular weight excluding hydrogens is 399 g/mol. The van der Waals surface area contributed by atoms with E-state index in [9.17, 15) is 37.7 Å². The van der Waals surface area contributed by atoms with Crippen molar-refractivity contribution in [3.63, 3.8) is 0 Å². The molecular formula is C17H16F3N3O6. The van der Waals surface area contributed by atoms with Crippen LogP contribution in [0.4, 0.5) is 18.9 Å². The van der Waals surface area contributed by atoms with Gasteiger partial charge in [-0.05, 0) is 25.3 Å². The number of benzene rings is 1. The molecule has 1 saturated carbocycles. The highest BCUT2D eigenvalue weighted by molar-refractivity contribution is 5.79. The van der Waals surface area contributed by atoms with Crippen molar-refractivity contribution >= 4 is 22.7 Å². The Morgan fingerprint density at radius 2 is 1.93 bits per heavy atom. The number of halogens is 3. The molecule has 9 nitrogen and oxygen atoms in total. The average molecular weight is 415 g/mol. The van der Waals surface area contributed by atoms with Gasteiger partial charge in [-0.25, -0.2) is 0 Å². The topological polar surface area (TPSA) is 124 Å². The molecule has 29 heavy (non-hydrogen) atoms. The van der Waals surface area contributed by atoms with Gasteiger partial charge < -0.3 is 9.72 Å². The number of hydrogen-bond acceptors (Lipinski definition) is 6. The number of aromatic amines is 1. The molecule has 1 heterocycles.